The molecular weight excluding hydrogens is 763 g/mol. The summed E-state index contributed by atoms with van der Waals surface area (Å²) in [6, 6.07) is 31.0. The molecule has 1 saturated heterocycles. The Bertz CT molecular complexity index is 2190. The van der Waals surface area contributed by atoms with E-state index in [2.05, 4.69) is 9.65 Å². The van der Waals surface area contributed by atoms with E-state index >= 15 is 0 Å². The van der Waals surface area contributed by atoms with Crippen molar-refractivity contribution in [1.29, 1.82) is 0 Å². The summed E-state index contributed by atoms with van der Waals surface area (Å²) in [5, 5.41) is 11.4. The summed E-state index contributed by atoms with van der Waals surface area (Å²) < 4.78 is 42.0. The number of H-pyrrole nitrogens is 1. The van der Waals surface area contributed by atoms with Crippen LogP contribution in [0.3, 0.4) is 0 Å². The van der Waals surface area contributed by atoms with Crippen LogP contribution in [0.5, 0.6) is 17.2 Å². The van der Waals surface area contributed by atoms with Crippen LogP contribution in [-0.4, -0.2) is 64.3 Å². The van der Waals surface area contributed by atoms with E-state index in [-0.39, 0.29) is 30.8 Å². The number of rotatable bonds is 17. The van der Waals surface area contributed by atoms with Gasteiger partial charge in [-0.1, -0.05) is 54.6 Å². The molecular formula is C43H49N4O10P. The molecule has 1 N–H and O–H groups in total. The Morgan fingerprint density at radius 2 is 1.38 bits per heavy atom. The summed E-state index contributed by atoms with van der Waals surface area (Å²) in [4.78, 5) is 39.0. The minimum atomic E-state index is -1.88. The molecule has 5 aromatic rings. The van der Waals surface area contributed by atoms with E-state index in [1.807, 2.05) is 107 Å². The number of non-ortho nitro benzene ring substituents is 1. The fraction of sp³-hybridized carbons (Fsp3) is 0.349. The van der Waals surface area contributed by atoms with Crippen LogP contribution in [-0.2, 0) is 19.6 Å². The lowest BCUT2D eigenvalue weighted by atomic mass is 9.80. The highest BCUT2D eigenvalue weighted by Gasteiger charge is 2.45. The van der Waals surface area contributed by atoms with Gasteiger partial charge in [0.1, 0.15) is 35.2 Å². The summed E-state index contributed by atoms with van der Waals surface area (Å²) in [5.41, 5.74) is 0.478. The van der Waals surface area contributed by atoms with Crippen LogP contribution in [0.4, 0.5) is 5.69 Å². The Labute approximate surface area is 338 Å². The first kappa shape index (κ1) is 42.2. The molecule has 1 aliphatic rings. The van der Waals surface area contributed by atoms with Gasteiger partial charge in [-0.2, -0.15) is 0 Å². The van der Waals surface area contributed by atoms with Crippen LogP contribution in [0.1, 0.15) is 62.6 Å². The molecule has 0 radical (unpaired) electrons. The molecule has 0 bridgehead atoms. The van der Waals surface area contributed by atoms with Crippen molar-refractivity contribution in [2.45, 2.75) is 77.2 Å². The van der Waals surface area contributed by atoms with E-state index < -0.39 is 48.7 Å². The number of aromatic amines is 1. The van der Waals surface area contributed by atoms with Gasteiger partial charge in [-0.05, 0) is 87.7 Å². The van der Waals surface area contributed by atoms with Crippen LogP contribution in [0.15, 0.2) is 119 Å². The number of methoxy groups -OCH3 is 2. The van der Waals surface area contributed by atoms with Gasteiger partial charge in [-0.3, -0.25) is 24.5 Å². The Balaban J connectivity index is 1.44. The van der Waals surface area contributed by atoms with Crippen molar-refractivity contribution in [2.75, 3.05) is 20.8 Å². The van der Waals surface area contributed by atoms with Gasteiger partial charge in [0.05, 0.1) is 31.9 Å². The Morgan fingerprint density at radius 1 is 0.845 bits per heavy atom. The average molecular weight is 813 g/mol. The van der Waals surface area contributed by atoms with E-state index in [4.69, 9.17) is 28.0 Å². The smallest absolute Gasteiger partial charge is 0.330 e. The SMILES string of the molecule is COc1ccc(C(OC[C@H]2O[C@@H](n3cc(C)c(=O)[nH]c3=O)C[C@@H]2OP(Oc2ccc([N+](=O)[O-])cc2)N(C(C)C)C(C)C)(c2ccccc2)c2ccc(OC)cc2)cc1. The maximum absolute atomic E-state index is 13.3. The summed E-state index contributed by atoms with van der Waals surface area (Å²) in [7, 11) is 1.35. The lowest BCUT2D eigenvalue weighted by molar-refractivity contribution is -0.384. The molecule has 14 nitrogen and oxygen atoms in total. The number of aromatic nitrogens is 2. The molecule has 1 aliphatic heterocycles. The quantitative estimate of drug-likeness (QED) is 0.0422. The second-order valence-corrected chi connectivity index (χ2v) is 15.8. The van der Waals surface area contributed by atoms with Crippen molar-refractivity contribution >= 4 is 14.2 Å². The van der Waals surface area contributed by atoms with Crippen molar-refractivity contribution in [3.05, 3.63) is 163 Å². The Morgan fingerprint density at radius 3 is 1.90 bits per heavy atom. The summed E-state index contributed by atoms with van der Waals surface area (Å²) in [6.07, 6.45) is -0.615. The normalized spacial score (nSPS) is 17.4. The summed E-state index contributed by atoms with van der Waals surface area (Å²) in [6.45, 7) is 9.74. The average Bonchev–Trinajstić information content (AvgIpc) is 3.62. The van der Waals surface area contributed by atoms with Crippen LogP contribution in [0, 0.1) is 17.0 Å². The molecule has 306 valence electrons. The second kappa shape index (κ2) is 18.5. The Kier molecular flexibility index (Phi) is 13.5. The van der Waals surface area contributed by atoms with Crippen molar-refractivity contribution in [2.24, 2.45) is 0 Å². The highest BCUT2D eigenvalue weighted by atomic mass is 31.2. The van der Waals surface area contributed by atoms with Crippen molar-refractivity contribution in [3.8, 4) is 17.2 Å². The third-order valence-corrected chi connectivity index (χ3v) is 12.1. The Hall–Kier alpha value is -5.37. The standard InChI is InChI=1S/C43H49N4O10P/c1-28(2)46(29(3)4)58(56-37-23-17-34(18-24-37)47(50)51)57-38-25-40(45-26-30(5)41(48)44-42(45)49)55-39(38)27-54-43(31-11-9-8-10-12-31,32-13-19-35(52-6)20-14-32)33-15-21-36(53-7)22-16-33/h8-24,26,28-29,38-40H,25,27H2,1-7H3,(H,44,48,49)/t38-,39+,40+,58?/m0/s1. The molecule has 6 rings (SSSR count). The second-order valence-electron chi connectivity index (χ2n) is 14.5. The number of nitro benzene ring substituents is 1. The van der Waals surface area contributed by atoms with Crippen molar-refractivity contribution in [3.63, 3.8) is 0 Å². The predicted octanol–water partition coefficient (Wildman–Crippen LogP) is 7.88. The van der Waals surface area contributed by atoms with E-state index in [0.717, 1.165) is 16.7 Å². The molecule has 15 heteroatoms. The van der Waals surface area contributed by atoms with E-state index in [0.29, 0.717) is 22.8 Å². The van der Waals surface area contributed by atoms with E-state index in [1.54, 1.807) is 33.3 Å². The van der Waals surface area contributed by atoms with Crippen LogP contribution >= 0.6 is 8.53 Å². The van der Waals surface area contributed by atoms with E-state index in [1.165, 1.54) is 22.9 Å². The maximum atomic E-state index is 13.3. The third-order valence-electron chi connectivity index (χ3n) is 9.98. The van der Waals surface area contributed by atoms with Gasteiger partial charge in [-0.15, -0.1) is 0 Å². The van der Waals surface area contributed by atoms with Gasteiger partial charge >= 0.3 is 14.2 Å². The fourth-order valence-electron chi connectivity index (χ4n) is 7.14. The molecule has 0 saturated carbocycles. The third kappa shape index (κ3) is 9.17. The summed E-state index contributed by atoms with van der Waals surface area (Å²) in [5.74, 6) is 1.75. The number of nitrogens with zero attached hydrogens (tertiary/aromatic N) is 3. The lowest BCUT2D eigenvalue weighted by Crippen LogP contribution is -2.40. The first-order chi connectivity index (χ1) is 27.8. The molecule has 58 heavy (non-hydrogen) atoms. The number of nitrogens with one attached hydrogen (secondary N) is 1. The lowest BCUT2D eigenvalue weighted by Gasteiger charge is -2.38. The van der Waals surface area contributed by atoms with Crippen LogP contribution in [0.25, 0.3) is 0 Å². The fourth-order valence-corrected chi connectivity index (χ4v) is 8.90. The highest BCUT2D eigenvalue weighted by molar-refractivity contribution is 7.45. The molecule has 4 atom stereocenters. The molecule has 4 aromatic carbocycles. The number of aryl methyl sites for hydroxylation is 1. The van der Waals surface area contributed by atoms with Gasteiger partial charge in [0.25, 0.3) is 11.2 Å². The van der Waals surface area contributed by atoms with E-state index in [9.17, 15) is 19.7 Å². The number of ether oxygens (including phenoxy) is 4. The van der Waals surface area contributed by atoms with Gasteiger partial charge in [-0.25, -0.2) is 9.46 Å². The van der Waals surface area contributed by atoms with Gasteiger partial charge in [0.2, 0.25) is 0 Å². The van der Waals surface area contributed by atoms with Crippen LogP contribution < -0.4 is 25.2 Å². The zero-order chi connectivity index (χ0) is 41.6. The molecule has 2 heterocycles. The molecule has 0 aliphatic carbocycles. The van der Waals surface area contributed by atoms with Crippen molar-refractivity contribution in [1.82, 2.24) is 14.2 Å². The first-order valence-electron chi connectivity index (χ1n) is 19.0. The molecule has 1 fully saturated rings. The van der Waals surface area contributed by atoms with Gasteiger partial charge in [0.15, 0.2) is 0 Å². The van der Waals surface area contributed by atoms with Crippen molar-refractivity contribution < 1.29 is 32.9 Å². The number of hydrogen-bond donors (Lipinski definition) is 1. The first-order valence-corrected chi connectivity index (χ1v) is 20.1. The zero-order valence-electron chi connectivity index (χ0n) is 33.6. The monoisotopic (exact) mass is 812 g/mol. The predicted molar refractivity (Wildman–Crippen MR) is 220 cm³/mol. The highest BCUT2D eigenvalue weighted by Crippen LogP contribution is 2.51. The van der Waals surface area contributed by atoms with Crippen LogP contribution in [0.2, 0.25) is 0 Å². The number of hydrogen-bond acceptors (Lipinski definition) is 11. The zero-order valence-corrected chi connectivity index (χ0v) is 34.5. The summed E-state index contributed by atoms with van der Waals surface area (Å²) >= 11 is 0. The minimum absolute atomic E-state index is 0.0186. The molecule has 1 aromatic heterocycles. The number of nitro groups is 1. The molecule has 0 spiro atoms. The number of benzene rings is 4. The van der Waals surface area contributed by atoms with Gasteiger partial charge in [0, 0.05) is 42.4 Å². The van der Waals surface area contributed by atoms with Gasteiger partial charge < -0.3 is 28.0 Å². The molecule has 0 amide bonds. The topological polar surface area (TPSA) is 157 Å². The molecule has 1 unspecified atom stereocenters. The minimum Gasteiger partial charge on any atom is -0.497 e. The maximum Gasteiger partial charge on any atom is 0.330 e. The largest absolute Gasteiger partial charge is 0.497 e.